The van der Waals surface area contributed by atoms with Crippen LogP contribution in [-0.4, -0.2) is 27.3 Å². The summed E-state index contributed by atoms with van der Waals surface area (Å²) in [6, 6.07) is 18.5. The van der Waals surface area contributed by atoms with Crippen LogP contribution in [0.4, 0.5) is 4.39 Å². The van der Waals surface area contributed by atoms with Gasteiger partial charge in [0.2, 0.25) is 0 Å². The van der Waals surface area contributed by atoms with E-state index in [-0.39, 0.29) is 5.82 Å². The van der Waals surface area contributed by atoms with Gasteiger partial charge in [0.15, 0.2) is 11.6 Å². The number of aryl methyl sites for hydroxylation is 2. The van der Waals surface area contributed by atoms with E-state index in [1.165, 1.54) is 12.1 Å². The van der Waals surface area contributed by atoms with E-state index in [1.807, 2.05) is 61.5 Å². The molecule has 5 rings (SSSR count). The second-order valence-electron chi connectivity index (χ2n) is 7.75. The Kier molecular flexibility index (Phi) is 5.81. The molecule has 0 saturated carbocycles. The number of halogens is 1. The molecule has 0 atom stereocenters. The summed E-state index contributed by atoms with van der Waals surface area (Å²) in [5.74, 6) is 2.63. The van der Waals surface area contributed by atoms with Gasteiger partial charge >= 0.3 is 0 Å². The fourth-order valence-corrected chi connectivity index (χ4v) is 4.90. The first kappa shape index (κ1) is 21.8. The summed E-state index contributed by atoms with van der Waals surface area (Å²) in [7, 11) is 3.44. The lowest BCUT2D eigenvalue weighted by atomic mass is 10.1. The van der Waals surface area contributed by atoms with Crippen LogP contribution >= 0.6 is 11.3 Å². The molecule has 0 bridgehead atoms. The lowest BCUT2D eigenvalue weighted by Gasteiger charge is -2.10. The number of hydrogen-bond donors (Lipinski definition) is 0. The third-order valence-electron chi connectivity index (χ3n) is 5.46. The quantitative estimate of drug-likeness (QED) is 0.282. The Balaban J connectivity index is 1.51. The molecule has 2 aromatic heterocycles. The fourth-order valence-electron chi connectivity index (χ4n) is 3.65. The molecular formula is C26H21FN4O2S. The number of fused-ring (bicyclic) bond motifs is 1. The van der Waals surface area contributed by atoms with Crippen LogP contribution in [0.2, 0.25) is 0 Å². The van der Waals surface area contributed by atoms with E-state index in [2.05, 4.69) is 15.5 Å². The van der Waals surface area contributed by atoms with Crippen molar-refractivity contribution >= 4 is 33.6 Å². The van der Waals surface area contributed by atoms with E-state index in [0.717, 1.165) is 43.2 Å². The maximum Gasteiger partial charge on any atom is 0.174 e. The lowest BCUT2D eigenvalue weighted by Crippen LogP contribution is -1.93. The number of ether oxygens (including phenoxy) is 2. The van der Waals surface area contributed by atoms with Crippen LogP contribution in [0, 0.1) is 12.7 Å². The smallest absolute Gasteiger partial charge is 0.174 e. The highest BCUT2D eigenvalue weighted by molar-refractivity contribution is 7.22. The van der Waals surface area contributed by atoms with Gasteiger partial charge in [0, 0.05) is 17.1 Å². The van der Waals surface area contributed by atoms with Crippen molar-refractivity contribution in [2.45, 2.75) is 6.92 Å². The maximum atomic E-state index is 13.8. The minimum absolute atomic E-state index is 0.257. The zero-order valence-electron chi connectivity index (χ0n) is 18.8. The summed E-state index contributed by atoms with van der Waals surface area (Å²) >= 11 is 1.60. The Labute approximate surface area is 199 Å². The van der Waals surface area contributed by atoms with Gasteiger partial charge in [-0.3, -0.25) is 0 Å². The highest BCUT2D eigenvalue weighted by atomic mass is 32.1. The average Bonchev–Trinajstić information content (AvgIpc) is 3.41. The first-order valence-corrected chi connectivity index (χ1v) is 11.4. The van der Waals surface area contributed by atoms with Gasteiger partial charge in [0.1, 0.15) is 17.3 Å². The first-order valence-electron chi connectivity index (χ1n) is 10.6. The van der Waals surface area contributed by atoms with E-state index in [0.29, 0.717) is 11.6 Å². The summed E-state index contributed by atoms with van der Waals surface area (Å²) in [4.78, 5) is 0.944. The van der Waals surface area contributed by atoms with E-state index < -0.39 is 0 Å². The van der Waals surface area contributed by atoms with Crippen LogP contribution in [0.5, 0.6) is 17.2 Å². The van der Waals surface area contributed by atoms with Crippen molar-refractivity contribution in [3.8, 4) is 27.7 Å². The Morgan fingerprint density at radius 1 is 0.971 bits per heavy atom. The molecule has 0 amide bonds. The number of rotatable bonds is 6. The summed E-state index contributed by atoms with van der Waals surface area (Å²) < 4.78 is 28.2. The molecule has 0 aliphatic rings. The van der Waals surface area contributed by atoms with Crippen molar-refractivity contribution in [1.82, 2.24) is 20.2 Å². The molecule has 2 heterocycles. The number of nitrogens with zero attached hydrogens (tertiary/aromatic N) is 4. The van der Waals surface area contributed by atoms with Crippen LogP contribution < -0.4 is 9.47 Å². The molecular weight excluding hydrogens is 451 g/mol. The van der Waals surface area contributed by atoms with E-state index in [1.54, 1.807) is 36.2 Å². The van der Waals surface area contributed by atoms with Crippen LogP contribution in [-0.2, 0) is 7.05 Å². The summed E-state index contributed by atoms with van der Waals surface area (Å²) in [6.07, 6.45) is 3.79. The average molecular weight is 473 g/mol. The van der Waals surface area contributed by atoms with Gasteiger partial charge in [0.25, 0.3) is 0 Å². The van der Waals surface area contributed by atoms with Crippen molar-refractivity contribution in [3.05, 3.63) is 83.4 Å². The number of thiophene rings is 1. The summed E-state index contributed by atoms with van der Waals surface area (Å²) in [6.45, 7) is 1.90. The first-order chi connectivity index (χ1) is 16.5. The SMILES string of the molecule is COc1ccc2c(Oc3ccc(C=Cc4nnnn4C)cc3)c(-c3ccc(F)cc3C)sc2c1. The number of methoxy groups -OCH3 is 1. The summed E-state index contributed by atoms with van der Waals surface area (Å²) in [5.41, 5.74) is 2.78. The molecule has 0 unspecified atom stereocenters. The third kappa shape index (κ3) is 4.27. The topological polar surface area (TPSA) is 62.1 Å². The van der Waals surface area contributed by atoms with Crippen LogP contribution in [0.3, 0.4) is 0 Å². The summed E-state index contributed by atoms with van der Waals surface area (Å²) in [5, 5.41) is 12.4. The number of benzene rings is 3. The minimum atomic E-state index is -0.257. The maximum absolute atomic E-state index is 13.8. The van der Waals surface area contributed by atoms with Gasteiger partial charge in [0.05, 0.1) is 12.0 Å². The zero-order valence-corrected chi connectivity index (χ0v) is 19.6. The molecule has 0 saturated heterocycles. The minimum Gasteiger partial charge on any atom is -0.497 e. The van der Waals surface area contributed by atoms with Gasteiger partial charge in [-0.2, -0.15) is 0 Å². The Morgan fingerprint density at radius 2 is 1.76 bits per heavy atom. The molecule has 0 radical (unpaired) electrons. The van der Waals surface area contributed by atoms with Gasteiger partial charge in [-0.15, -0.1) is 16.4 Å². The van der Waals surface area contributed by atoms with Crippen molar-refractivity contribution < 1.29 is 13.9 Å². The molecule has 0 spiro atoms. The molecule has 6 nitrogen and oxygen atoms in total. The van der Waals surface area contributed by atoms with E-state index in [4.69, 9.17) is 9.47 Å². The van der Waals surface area contributed by atoms with Crippen LogP contribution in [0.25, 0.3) is 32.7 Å². The van der Waals surface area contributed by atoms with Gasteiger partial charge in [-0.25, -0.2) is 9.07 Å². The van der Waals surface area contributed by atoms with Crippen molar-refractivity contribution in [3.63, 3.8) is 0 Å². The number of hydrogen-bond acceptors (Lipinski definition) is 6. The highest BCUT2D eigenvalue weighted by Gasteiger charge is 2.18. The standard InChI is InChI=1S/C26H21FN4O2S/c1-16-14-18(27)7-11-21(16)26-25(22-12-10-20(32-3)15-23(22)34-26)33-19-8-4-17(5-9-19)6-13-24-28-29-30-31(24)2/h4-15H,1-3H3. The molecule has 0 aliphatic heterocycles. The third-order valence-corrected chi connectivity index (χ3v) is 6.63. The Hall–Kier alpha value is -4.04. The lowest BCUT2D eigenvalue weighted by molar-refractivity contribution is 0.415. The van der Waals surface area contributed by atoms with Crippen molar-refractivity contribution in [2.24, 2.45) is 7.05 Å². The molecule has 0 N–H and O–H groups in total. The number of aromatic nitrogens is 4. The molecule has 170 valence electrons. The van der Waals surface area contributed by atoms with Crippen molar-refractivity contribution in [2.75, 3.05) is 7.11 Å². The monoisotopic (exact) mass is 472 g/mol. The molecule has 3 aromatic carbocycles. The zero-order chi connectivity index (χ0) is 23.7. The molecule has 0 aliphatic carbocycles. The van der Waals surface area contributed by atoms with Gasteiger partial charge in [-0.1, -0.05) is 24.3 Å². The number of tetrazole rings is 1. The molecule has 34 heavy (non-hydrogen) atoms. The Morgan fingerprint density at radius 3 is 2.47 bits per heavy atom. The Bertz CT molecular complexity index is 1510. The highest BCUT2D eigenvalue weighted by Crippen LogP contribution is 2.48. The fraction of sp³-hybridized carbons (Fsp3) is 0.115. The molecule has 0 fully saturated rings. The molecule has 8 heteroatoms. The van der Waals surface area contributed by atoms with Crippen molar-refractivity contribution in [1.29, 1.82) is 0 Å². The second-order valence-corrected chi connectivity index (χ2v) is 8.80. The molecule has 5 aromatic rings. The van der Waals surface area contributed by atoms with Crippen LogP contribution in [0.15, 0.2) is 60.7 Å². The predicted molar refractivity (Wildman–Crippen MR) is 133 cm³/mol. The van der Waals surface area contributed by atoms with E-state index >= 15 is 0 Å². The second kappa shape index (κ2) is 9.07. The van der Waals surface area contributed by atoms with E-state index in [9.17, 15) is 4.39 Å². The van der Waals surface area contributed by atoms with Gasteiger partial charge < -0.3 is 9.47 Å². The predicted octanol–water partition coefficient (Wildman–Crippen LogP) is 6.51. The normalized spacial score (nSPS) is 11.4. The van der Waals surface area contributed by atoms with Crippen LogP contribution in [0.1, 0.15) is 17.0 Å². The largest absolute Gasteiger partial charge is 0.497 e. The van der Waals surface area contributed by atoms with Gasteiger partial charge in [-0.05, 0) is 82.6 Å².